The Hall–Kier alpha value is -3.44. The smallest absolute Gasteiger partial charge is 0.348 e. The van der Waals surface area contributed by atoms with Gasteiger partial charge >= 0.3 is 11.9 Å². The third-order valence-electron chi connectivity index (χ3n) is 7.02. The number of ketones is 2. The zero-order chi connectivity index (χ0) is 28.1. The van der Waals surface area contributed by atoms with Gasteiger partial charge < -0.3 is 31.1 Å². The van der Waals surface area contributed by atoms with Crippen molar-refractivity contribution >= 4 is 23.5 Å². The lowest BCUT2D eigenvalue weighted by molar-refractivity contribution is -0.187. The van der Waals surface area contributed by atoms with E-state index in [1.807, 2.05) is 0 Å². The Morgan fingerprint density at radius 2 is 1.13 bits per heavy atom. The number of benzene rings is 2. The van der Waals surface area contributed by atoms with Crippen molar-refractivity contribution in [2.75, 3.05) is 6.54 Å². The summed E-state index contributed by atoms with van der Waals surface area (Å²) in [4.78, 5) is 48.5. The molecular weight excluding hydrogens is 492 g/mol. The highest BCUT2D eigenvalue weighted by molar-refractivity contribution is 6.28. The summed E-state index contributed by atoms with van der Waals surface area (Å²) in [5.74, 6) is -8.03. The van der Waals surface area contributed by atoms with Crippen molar-refractivity contribution in [1.29, 1.82) is 0 Å². The van der Waals surface area contributed by atoms with Crippen LogP contribution in [0.2, 0.25) is 0 Å². The predicted octanol–water partition coefficient (Wildman–Crippen LogP) is 1.65. The number of piperazine rings is 1. The first kappa shape index (κ1) is 29.1. The van der Waals surface area contributed by atoms with E-state index in [0.717, 1.165) is 42.9 Å². The number of hydrogen-bond acceptors (Lipinski definition) is 8. The molecule has 38 heavy (non-hydrogen) atoms. The second-order valence-electron chi connectivity index (χ2n) is 10.3. The molecule has 0 amide bonds. The molecule has 4 atom stereocenters. The van der Waals surface area contributed by atoms with Crippen LogP contribution in [-0.2, 0) is 9.59 Å². The molecule has 10 heteroatoms. The van der Waals surface area contributed by atoms with Gasteiger partial charge in [0.25, 0.3) is 11.2 Å². The van der Waals surface area contributed by atoms with Crippen molar-refractivity contribution in [3.8, 4) is 0 Å². The van der Waals surface area contributed by atoms with Crippen LogP contribution in [0, 0.1) is 0 Å². The number of carboxylic acids is 2. The van der Waals surface area contributed by atoms with Gasteiger partial charge in [-0.25, -0.2) is 9.59 Å². The van der Waals surface area contributed by atoms with Crippen LogP contribution in [0.5, 0.6) is 0 Å². The molecule has 1 aliphatic heterocycles. The van der Waals surface area contributed by atoms with Crippen molar-refractivity contribution in [2.45, 2.75) is 68.4 Å². The fraction of sp³-hybridized carbons (Fsp3) is 0.429. The molecule has 4 rings (SSSR count). The van der Waals surface area contributed by atoms with Crippen LogP contribution < -0.4 is 10.6 Å². The van der Waals surface area contributed by atoms with E-state index in [1.54, 1.807) is 0 Å². The topological polar surface area (TPSA) is 173 Å². The van der Waals surface area contributed by atoms with Crippen LogP contribution in [0.3, 0.4) is 0 Å². The van der Waals surface area contributed by atoms with Crippen molar-refractivity contribution in [3.63, 3.8) is 0 Å². The van der Waals surface area contributed by atoms with Crippen LogP contribution in [-0.4, -0.2) is 79.3 Å². The van der Waals surface area contributed by atoms with Crippen LogP contribution in [0.25, 0.3) is 0 Å². The van der Waals surface area contributed by atoms with E-state index >= 15 is 0 Å². The lowest BCUT2D eigenvalue weighted by Crippen LogP contribution is -2.71. The number of fused-ring (bicyclic) bond motifs is 1. The van der Waals surface area contributed by atoms with E-state index in [2.05, 4.69) is 24.5 Å². The Morgan fingerprint density at radius 3 is 1.53 bits per heavy atom. The van der Waals surface area contributed by atoms with Crippen molar-refractivity contribution < 1.29 is 39.6 Å². The molecular formula is C28H34N2O8. The number of carbonyl (C=O) groups excluding carboxylic acids is 2. The molecule has 0 aromatic heterocycles. The number of carbonyl (C=O) groups is 4. The van der Waals surface area contributed by atoms with Gasteiger partial charge in [0.15, 0.2) is 0 Å². The molecule has 1 saturated carbocycles. The number of Topliss-reactive ketones (excluding diaryl/α,β-unsaturated/α-hetero) is 2. The molecule has 204 valence electrons. The van der Waals surface area contributed by atoms with Gasteiger partial charge in [-0.15, -0.1) is 0 Å². The van der Waals surface area contributed by atoms with E-state index in [9.17, 15) is 39.6 Å². The summed E-state index contributed by atoms with van der Waals surface area (Å²) in [7, 11) is 0. The Labute approximate surface area is 220 Å². The minimum atomic E-state index is -3.95. The highest BCUT2D eigenvalue weighted by atomic mass is 16.5. The fourth-order valence-corrected chi connectivity index (χ4v) is 4.92. The second kappa shape index (κ2) is 11.5. The third-order valence-corrected chi connectivity index (χ3v) is 7.02. The number of aliphatic carboxylic acids is 2. The van der Waals surface area contributed by atoms with E-state index < -0.39 is 45.8 Å². The lowest BCUT2D eigenvalue weighted by atomic mass is 9.73. The van der Waals surface area contributed by atoms with E-state index in [4.69, 9.17) is 0 Å². The molecule has 0 radical (unpaired) electrons. The Kier molecular flexibility index (Phi) is 8.83. The van der Waals surface area contributed by atoms with Crippen molar-refractivity contribution in [3.05, 3.63) is 71.8 Å². The summed E-state index contributed by atoms with van der Waals surface area (Å²) in [6.07, 6.45) is 5.55. The maximum Gasteiger partial charge on any atom is 0.348 e. The average Bonchev–Trinajstić information content (AvgIpc) is 2.91. The molecule has 2 fully saturated rings. The minimum Gasteiger partial charge on any atom is -0.479 e. The number of nitrogens with one attached hydrogen (secondary N) is 2. The Bertz CT molecular complexity index is 1100. The van der Waals surface area contributed by atoms with Gasteiger partial charge in [-0.05, 0) is 26.7 Å². The van der Waals surface area contributed by atoms with Gasteiger partial charge in [0.2, 0.25) is 11.6 Å². The summed E-state index contributed by atoms with van der Waals surface area (Å²) in [5.41, 5.74) is -8.38. The number of rotatable bonds is 7. The van der Waals surface area contributed by atoms with Gasteiger partial charge in [-0.1, -0.05) is 73.5 Å². The molecule has 6 N–H and O–H groups in total. The Morgan fingerprint density at radius 1 is 0.737 bits per heavy atom. The van der Waals surface area contributed by atoms with Crippen LogP contribution in [0.15, 0.2) is 60.7 Å². The number of carboxylic acid groups (broad SMARTS) is 2. The molecule has 2 unspecified atom stereocenters. The van der Waals surface area contributed by atoms with Crippen molar-refractivity contribution in [1.82, 2.24) is 10.6 Å². The third kappa shape index (κ3) is 5.68. The monoisotopic (exact) mass is 526 g/mol. The predicted molar refractivity (Wildman–Crippen MR) is 138 cm³/mol. The zero-order valence-electron chi connectivity index (χ0n) is 21.4. The molecule has 1 saturated heterocycles. The second-order valence-corrected chi connectivity index (χ2v) is 10.3. The maximum absolute atomic E-state index is 12.6. The van der Waals surface area contributed by atoms with E-state index in [0.29, 0.717) is 5.54 Å². The van der Waals surface area contributed by atoms with Gasteiger partial charge in [-0.3, -0.25) is 9.59 Å². The van der Waals surface area contributed by atoms with E-state index in [-0.39, 0.29) is 0 Å². The van der Waals surface area contributed by atoms with Gasteiger partial charge in [-0.2, -0.15) is 0 Å². The summed E-state index contributed by atoms with van der Waals surface area (Å²) >= 11 is 0. The summed E-state index contributed by atoms with van der Waals surface area (Å²) < 4.78 is 0. The highest BCUT2D eigenvalue weighted by Gasteiger charge is 2.69. The van der Waals surface area contributed by atoms with Crippen molar-refractivity contribution in [2.24, 2.45) is 0 Å². The zero-order valence-corrected chi connectivity index (χ0v) is 21.4. The van der Waals surface area contributed by atoms with Crippen LogP contribution in [0.4, 0.5) is 0 Å². The van der Waals surface area contributed by atoms with Gasteiger partial charge in [0.05, 0.1) is 0 Å². The lowest BCUT2D eigenvalue weighted by Gasteiger charge is -2.45. The molecule has 0 spiro atoms. The maximum atomic E-state index is 12.6. The molecule has 1 aliphatic carbocycles. The van der Waals surface area contributed by atoms with Crippen LogP contribution >= 0.6 is 0 Å². The number of hydrogen-bond donors (Lipinski definition) is 6. The molecule has 10 nitrogen and oxygen atoms in total. The minimum absolute atomic E-state index is 0.304. The standard InChI is InChI=1S/C18H14O8.C10H20N2/c19-13(11-7-3-1-4-8-11)17(25,15(21)22)18(26,16(23)24)14(20)12-9-5-2-6-10-12;1-10(2)7-11-8-5-3-4-6-9(8)12-10/h1-10,25-26H,(H,21,22)(H,23,24);8-9,11-12H,3-7H2,1-2H3/t;8-,9+/m.1/s1. The molecule has 2 aromatic carbocycles. The molecule has 1 heterocycles. The first-order chi connectivity index (χ1) is 17.8. The number of aliphatic hydroxyl groups is 2. The SMILES string of the molecule is CC1(C)CN[C@@H]2CCCC[C@@H]2N1.O=C(O)C(O)(C(=O)c1ccccc1)C(O)(C(=O)O)C(=O)c1ccccc1. The molecule has 2 aliphatic rings. The summed E-state index contributed by atoms with van der Waals surface area (Å²) in [6.45, 7) is 5.68. The summed E-state index contributed by atoms with van der Waals surface area (Å²) in [5, 5.41) is 47.2. The van der Waals surface area contributed by atoms with Gasteiger partial charge in [0, 0.05) is 35.3 Å². The fourth-order valence-electron chi connectivity index (χ4n) is 4.92. The highest BCUT2D eigenvalue weighted by Crippen LogP contribution is 2.31. The molecule has 0 bridgehead atoms. The Balaban J connectivity index is 0.000000275. The average molecular weight is 527 g/mol. The first-order valence-electron chi connectivity index (χ1n) is 12.5. The quantitative estimate of drug-likeness (QED) is 0.230. The first-order valence-corrected chi connectivity index (χ1v) is 12.5. The van der Waals surface area contributed by atoms with E-state index in [1.165, 1.54) is 62.1 Å². The van der Waals surface area contributed by atoms with Crippen LogP contribution in [0.1, 0.15) is 60.2 Å². The largest absolute Gasteiger partial charge is 0.479 e. The normalized spacial score (nSPS) is 23.3. The summed E-state index contributed by atoms with van der Waals surface area (Å²) in [6, 6.07) is 14.3. The molecule has 2 aromatic rings. The van der Waals surface area contributed by atoms with Gasteiger partial charge in [0.1, 0.15) is 0 Å².